The van der Waals surface area contributed by atoms with Crippen molar-refractivity contribution in [2.24, 2.45) is 5.73 Å². The molecule has 0 unspecified atom stereocenters. The monoisotopic (exact) mass is 514 g/mol. The van der Waals surface area contributed by atoms with Crippen LogP contribution in [0.2, 0.25) is 0 Å². The van der Waals surface area contributed by atoms with Gasteiger partial charge in [-0.3, -0.25) is 0 Å². The average molecular weight is 515 g/mol. The minimum Gasteiger partial charge on any atom is -0.428 e. The molecular weight excluding hydrogens is 480 g/mol. The number of ether oxygens (including phenoxy) is 2. The van der Waals surface area contributed by atoms with Gasteiger partial charge < -0.3 is 25.1 Å². The predicted molar refractivity (Wildman–Crippen MR) is 149 cm³/mol. The number of carbonyl (C=O) groups is 2. The first-order valence-electron chi connectivity index (χ1n) is 12.8. The van der Waals surface area contributed by atoms with Gasteiger partial charge in [0.15, 0.2) is 0 Å². The van der Waals surface area contributed by atoms with Gasteiger partial charge in [0.05, 0.1) is 11.0 Å². The van der Waals surface area contributed by atoms with Crippen molar-refractivity contribution < 1.29 is 19.1 Å². The van der Waals surface area contributed by atoms with E-state index in [1.165, 1.54) is 0 Å². The molecule has 0 aliphatic heterocycles. The molecule has 38 heavy (non-hydrogen) atoms. The van der Waals surface area contributed by atoms with Crippen LogP contribution in [-0.4, -0.2) is 27.3 Å². The number of amides is 2. The van der Waals surface area contributed by atoms with Gasteiger partial charge in [-0.2, -0.15) is 0 Å². The lowest BCUT2D eigenvalue weighted by Crippen LogP contribution is -2.26. The summed E-state index contributed by atoms with van der Waals surface area (Å²) in [6.07, 6.45) is 2.22. The summed E-state index contributed by atoms with van der Waals surface area (Å²) in [6.45, 7) is 8.16. The molecule has 0 aliphatic rings. The molecule has 1 heterocycles. The molecule has 2 amide bonds. The highest BCUT2D eigenvalue weighted by Gasteiger charge is 2.19. The van der Waals surface area contributed by atoms with Crippen LogP contribution >= 0.6 is 0 Å². The van der Waals surface area contributed by atoms with Gasteiger partial charge in [-0.15, -0.1) is 0 Å². The zero-order valence-corrected chi connectivity index (χ0v) is 22.3. The van der Waals surface area contributed by atoms with Crippen LogP contribution in [0.25, 0.3) is 22.2 Å². The summed E-state index contributed by atoms with van der Waals surface area (Å²) < 4.78 is 13.0. The van der Waals surface area contributed by atoms with E-state index in [1.807, 2.05) is 42.5 Å². The molecule has 0 bridgehead atoms. The molecule has 198 valence electrons. The van der Waals surface area contributed by atoms with Gasteiger partial charge in [0.1, 0.15) is 17.2 Å². The lowest BCUT2D eigenvalue weighted by atomic mass is 10.0. The minimum absolute atomic E-state index is 0.437. The van der Waals surface area contributed by atoms with Gasteiger partial charge in [0.25, 0.3) is 0 Å². The molecule has 0 radical (unpaired) electrons. The van der Waals surface area contributed by atoms with Crippen molar-refractivity contribution in [1.29, 1.82) is 0 Å². The van der Waals surface area contributed by atoms with Crippen LogP contribution in [0.1, 0.15) is 51.9 Å². The Bertz CT molecular complexity index is 1440. The van der Waals surface area contributed by atoms with E-state index in [-0.39, 0.29) is 0 Å². The number of imidazole rings is 1. The molecule has 1 aromatic heterocycles. The summed E-state index contributed by atoms with van der Waals surface area (Å²) in [5, 5.41) is 2.65. The van der Waals surface area contributed by atoms with Crippen molar-refractivity contribution in [2.45, 2.75) is 59.1 Å². The maximum Gasteiger partial charge on any atom is 0.514 e. The Hall–Kier alpha value is -4.33. The van der Waals surface area contributed by atoms with Gasteiger partial charge in [0, 0.05) is 24.2 Å². The largest absolute Gasteiger partial charge is 0.514 e. The molecule has 0 fully saturated rings. The average Bonchev–Trinajstić information content (AvgIpc) is 3.18. The summed E-state index contributed by atoms with van der Waals surface area (Å²) >= 11 is 0. The Morgan fingerprint density at radius 3 is 2.45 bits per heavy atom. The van der Waals surface area contributed by atoms with E-state index < -0.39 is 17.8 Å². The maximum absolute atomic E-state index is 12.3. The third kappa shape index (κ3) is 6.70. The molecule has 4 rings (SSSR count). The number of aromatic nitrogens is 2. The Morgan fingerprint density at radius 1 is 1.03 bits per heavy atom. The standard InChI is InChI=1S/C30H34N4O4/c1-5-6-11-27-33-24-17-16-22(32-28(31)35)18-25(24)34(27)19-20-12-14-21(15-13-20)23-9-7-8-10-26(23)37-29(36)38-30(2,3)4/h7-10,12-18H,5-6,11,19H2,1-4H3,(H3,31,32,35). The predicted octanol–water partition coefficient (Wildman–Crippen LogP) is 6.90. The Morgan fingerprint density at radius 2 is 1.76 bits per heavy atom. The molecule has 4 aromatic rings. The van der Waals surface area contributed by atoms with Gasteiger partial charge in [-0.25, -0.2) is 14.6 Å². The van der Waals surface area contributed by atoms with Crippen molar-refractivity contribution in [3.8, 4) is 16.9 Å². The number of primary amides is 1. The summed E-state index contributed by atoms with van der Waals surface area (Å²) in [7, 11) is 0. The van der Waals surface area contributed by atoms with Crippen molar-refractivity contribution in [3.05, 3.63) is 78.1 Å². The molecule has 0 spiro atoms. The first kappa shape index (κ1) is 26.7. The summed E-state index contributed by atoms with van der Waals surface area (Å²) in [6, 6.07) is 20.5. The van der Waals surface area contributed by atoms with E-state index in [0.717, 1.165) is 52.8 Å². The summed E-state index contributed by atoms with van der Waals surface area (Å²) in [4.78, 5) is 28.5. The first-order valence-corrected chi connectivity index (χ1v) is 12.8. The highest BCUT2D eigenvalue weighted by atomic mass is 16.7. The number of nitrogens with zero attached hydrogens (tertiary/aromatic N) is 2. The number of anilines is 1. The molecule has 0 aliphatic carbocycles. The van der Waals surface area contributed by atoms with E-state index in [1.54, 1.807) is 32.9 Å². The Kier molecular flexibility index (Phi) is 8.00. The fraction of sp³-hybridized carbons (Fsp3) is 0.300. The molecular formula is C30H34N4O4. The Labute approximate surface area is 222 Å². The second kappa shape index (κ2) is 11.4. The lowest BCUT2D eigenvalue weighted by molar-refractivity contribution is 0.0207. The number of hydrogen-bond acceptors (Lipinski definition) is 5. The summed E-state index contributed by atoms with van der Waals surface area (Å²) in [5.41, 5.74) is 9.91. The Balaban J connectivity index is 1.61. The number of carbonyl (C=O) groups excluding carboxylic acids is 2. The van der Waals surface area contributed by atoms with Crippen LogP contribution in [-0.2, 0) is 17.7 Å². The third-order valence-electron chi connectivity index (χ3n) is 5.92. The molecule has 0 saturated heterocycles. The van der Waals surface area contributed by atoms with E-state index in [4.69, 9.17) is 20.2 Å². The number of nitrogens with one attached hydrogen (secondary N) is 1. The van der Waals surface area contributed by atoms with Crippen molar-refractivity contribution >= 4 is 28.9 Å². The van der Waals surface area contributed by atoms with Crippen molar-refractivity contribution in [2.75, 3.05) is 5.32 Å². The minimum atomic E-state index is -0.738. The van der Waals surface area contributed by atoms with Crippen LogP contribution < -0.4 is 15.8 Å². The number of nitrogens with two attached hydrogens (primary N) is 1. The third-order valence-corrected chi connectivity index (χ3v) is 5.92. The second-order valence-electron chi connectivity index (χ2n) is 10.2. The number of unbranched alkanes of at least 4 members (excludes halogenated alkanes) is 1. The molecule has 0 saturated carbocycles. The fourth-order valence-corrected chi connectivity index (χ4v) is 4.22. The topological polar surface area (TPSA) is 108 Å². The molecule has 8 nitrogen and oxygen atoms in total. The van der Waals surface area contributed by atoms with E-state index in [2.05, 4.69) is 28.9 Å². The van der Waals surface area contributed by atoms with Crippen LogP contribution in [0.3, 0.4) is 0 Å². The normalized spacial score (nSPS) is 11.4. The summed E-state index contributed by atoms with van der Waals surface area (Å²) in [5.74, 6) is 1.43. The highest BCUT2D eigenvalue weighted by Crippen LogP contribution is 2.31. The highest BCUT2D eigenvalue weighted by molar-refractivity contribution is 5.91. The van der Waals surface area contributed by atoms with Gasteiger partial charge >= 0.3 is 12.2 Å². The molecule has 3 N–H and O–H groups in total. The quantitative estimate of drug-likeness (QED) is 0.196. The van der Waals surface area contributed by atoms with Crippen molar-refractivity contribution in [3.63, 3.8) is 0 Å². The molecule has 0 atom stereocenters. The van der Waals surface area contributed by atoms with E-state index in [9.17, 15) is 9.59 Å². The zero-order valence-electron chi connectivity index (χ0n) is 22.3. The van der Waals surface area contributed by atoms with E-state index >= 15 is 0 Å². The van der Waals surface area contributed by atoms with Crippen molar-refractivity contribution in [1.82, 2.24) is 9.55 Å². The lowest BCUT2D eigenvalue weighted by Gasteiger charge is -2.19. The number of urea groups is 1. The van der Waals surface area contributed by atoms with Crippen LogP contribution in [0, 0.1) is 0 Å². The van der Waals surface area contributed by atoms with Gasteiger partial charge in [0.2, 0.25) is 0 Å². The second-order valence-corrected chi connectivity index (χ2v) is 10.2. The molecule has 3 aromatic carbocycles. The number of hydrogen-bond donors (Lipinski definition) is 2. The molecule has 8 heteroatoms. The number of rotatable bonds is 8. The SMILES string of the molecule is CCCCc1nc2ccc(NC(N)=O)cc2n1Cc1ccc(-c2ccccc2OC(=O)OC(C)(C)C)cc1. The van der Waals surface area contributed by atoms with E-state index in [0.29, 0.717) is 18.0 Å². The van der Waals surface area contributed by atoms with Gasteiger partial charge in [-0.1, -0.05) is 55.8 Å². The number of para-hydroxylation sites is 1. The smallest absolute Gasteiger partial charge is 0.428 e. The fourth-order valence-electron chi connectivity index (χ4n) is 4.22. The first-order chi connectivity index (χ1) is 18.1. The van der Waals surface area contributed by atoms with Crippen LogP contribution in [0.5, 0.6) is 5.75 Å². The van der Waals surface area contributed by atoms with Gasteiger partial charge in [-0.05, 0) is 62.6 Å². The van der Waals surface area contributed by atoms with Crippen LogP contribution in [0.4, 0.5) is 15.3 Å². The number of fused-ring (bicyclic) bond motifs is 1. The maximum atomic E-state index is 12.3. The number of benzene rings is 3. The number of aryl methyl sites for hydroxylation is 1. The van der Waals surface area contributed by atoms with Crippen LogP contribution in [0.15, 0.2) is 66.7 Å². The zero-order chi connectivity index (χ0) is 27.3.